The van der Waals surface area contributed by atoms with Crippen LogP contribution in [0.25, 0.3) is 16.8 Å². The van der Waals surface area contributed by atoms with Gasteiger partial charge in [0, 0.05) is 22.5 Å². The Morgan fingerprint density at radius 3 is 2.32 bits per heavy atom. The minimum absolute atomic E-state index is 0.0104. The minimum atomic E-state index is -1.19. The molecular formula is C22H21N3O6. The molecule has 6 N–H and O–H groups in total. The third-order valence-electron chi connectivity index (χ3n) is 5.11. The topological polar surface area (TPSA) is 155 Å². The van der Waals surface area contributed by atoms with Crippen LogP contribution in [0.1, 0.15) is 54.3 Å². The second kappa shape index (κ2) is 8.52. The fraction of sp³-hybridized carbons (Fsp3) is 0.136. The molecule has 1 heterocycles. The maximum Gasteiger partial charge on any atom is 0.337 e. The Morgan fingerprint density at radius 2 is 1.74 bits per heavy atom. The number of aromatic carboxylic acids is 2. The number of aldehydes is 1. The van der Waals surface area contributed by atoms with Gasteiger partial charge >= 0.3 is 11.9 Å². The molecule has 0 amide bonds. The summed E-state index contributed by atoms with van der Waals surface area (Å²) in [6.45, 7) is 3.54. The molecule has 0 aliphatic rings. The van der Waals surface area contributed by atoms with Crippen LogP contribution in [-0.4, -0.2) is 38.1 Å². The first-order valence-corrected chi connectivity index (χ1v) is 9.23. The largest absolute Gasteiger partial charge is 0.478 e. The Balaban J connectivity index is 2.25. The van der Waals surface area contributed by atoms with Crippen molar-refractivity contribution in [1.29, 1.82) is 0 Å². The number of aryl methyl sites for hydroxylation is 1. The van der Waals surface area contributed by atoms with Gasteiger partial charge in [-0.2, -0.15) is 0 Å². The molecule has 0 fully saturated rings. The van der Waals surface area contributed by atoms with Gasteiger partial charge in [0.25, 0.3) is 0 Å². The lowest BCUT2D eigenvalue weighted by Gasteiger charge is -2.17. The number of aliphatic hydroxyl groups is 1. The van der Waals surface area contributed by atoms with Gasteiger partial charge in [-0.25, -0.2) is 15.0 Å². The molecule has 0 saturated carbocycles. The van der Waals surface area contributed by atoms with Crippen LogP contribution >= 0.6 is 0 Å². The molecule has 1 aromatic heterocycles. The zero-order chi connectivity index (χ0) is 22.9. The highest BCUT2D eigenvalue weighted by molar-refractivity contribution is 5.95. The lowest BCUT2D eigenvalue weighted by molar-refractivity contribution is 0.0686. The fourth-order valence-electron chi connectivity index (χ4n) is 3.63. The second-order valence-electron chi connectivity index (χ2n) is 7.00. The molecule has 0 aliphatic carbocycles. The maximum absolute atomic E-state index is 11.8. The Hall–Kier alpha value is -3.79. The predicted molar refractivity (Wildman–Crippen MR) is 112 cm³/mol. The molecule has 0 radical (unpaired) electrons. The molecule has 3 aromatic rings. The third-order valence-corrected chi connectivity index (χ3v) is 5.11. The molecule has 9 nitrogen and oxygen atoms in total. The Kier molecular flexibility index (Phi) is 6.02. The van der Waals surface area contributed by atoms with Crippen molar-refractivity contribution in [3.05, 3.63) is 76.1 Å². The van der Waals surface area contributed by atoms with Gasteiger partial charge in [-0.3, -0.25) is 10.6 Å². The third kappa shape index (κ3) is 3.97. The quantitative estimate of drug-likeness (QED) is 0.168. The van der Waals surface area contributed by atoms with Gasteiger partial charge in [-0.05, 0) is 55.3 Å². The Bertz CT molecular complexity index is 1200. The van der Waals surface area contributed by atoms with Gasteiger partial charge < -0.3 is 19.9 Å². The Morgan fingerprint density at radius 1 is 1.03 bits per heavy atom. The first kappa shape index (κ1) is 21.9. The summed E-state index contributed by atoms with van der Waals surface area (Å²) in [7, 11) is 0. The number of benzene rings is 2. The molecule has 0 bridgehead atoms. The van der Waals surface area contributed by atoms with Crippen molar-refractivity contribution >= 4 is 18.2 Å². The van der Waals surface area contributed by atoms with E-state index in [1.165, 1.54) is 30.3 Å². The highest BCUT2D eigenvalue weighted by Gasteiger charge is 2.21. The van der Waals surface area contributed by atoms with Crippen LogP contribution in [0.2, 0.25) is 0 Å². The average Bonchev–Trinajstić information content (AvgIpc) is 3.05. The average molecular weight is 423 g/mol. The maximum atomic E-state index is 11.8. The molecule has 0 saturated heterocycles. The van der Waals surface area contributed by atoms with Gasteiger partial charge in [-0.15, -0.1) is 0 Å². The van der Waals surface area contributed by atoms with Crippen LogP contribution in [0.15, 0.2) is 42.5 Å². The highest BCUT2D eigenvalue weighted by atomic mass is 16.4. The molecule has 3 rings (SSSR count). The van der Waals surface area contributed by atoms with Gasteiger partial charge in [0.05, 0.1) is 16.8 Å². The summed E-state index contributed by atoms with van der Waals surface area (Å²) in [6.07, 6.45) is -0.608. The van der Waals surface area contributed by atoms with Crippen molar-refractivity contribution in [3.8, 4) is 16.8 Å². The number of hydrazine groups is 1. The SMILES string of the molecule is Cc1cc(-c2ccc(C(=O)O)cc2C=O)c(C)n1-c1cc(C(O)NN)ccc1C(=O)O. The van der Waals surface area contributed by atoms with Crippen molar-refractivity contribution < 1.29 is 29.7 Å². The molecule has 1 unspecified atom stereocenters. The highest BCUT2D eigenvalue weighted by Crippen LogP contribution is 2.33. The van der Waals surface area contributed by atoms with Crippen molar-refractivity contribution in [1.82, 2.24) is 9.99 Å². The fourth-order valence-corrected chi connectivity index (χ4v) is 3.63. The van der Waals surface area contributed by atoms with Crippen LogP contribution in [-0.2, 0) is 0 Å². The lowest BCUT2D eigenvalue weighted by Crippen LogP contribution is -2.27. The molecule has 2 aromatic carbocycles. The molecule has 1 atom stereocenters. The van der Waals surface area contributed by atoms with Gasteiger partial charge in [-0.1, -0.05) is 12.1 Å². The number of aromatic nitrogens is 1. The van der Waals surface area contributed by atoms with E-state index >= 15 is 0 Å². The number of hydrogen-bond acceptors (Lipinski definition) is 6. The van der Waals surface area contributed by atoms with Crippen LogP contribution in [0.3, 0.4) is 0 Å². The van der Waals surface area contributed by atoms with E-state index in [9.17, 15) is 29.7 Å². The number of nitrogens with one attached hydrogen (secondary N) is 1. The van der Waals surface area contributed by atoms with Crippen molar-refractivity contribution in [2.24, 2.45) is 5.84 Å². The number of nitrogens with zero attached hydrogens (tertiary/aromatic N) is 1. The van der Waals surface area contributed by atoms with Crippen LogP contribution < -0.4 is 11.3 Å². The number of carbonyl (C=O) groups excluding carboxylic acids is 1. The van der Waals surface area contributed by atoms with Crippen molar-refractivity contribution in [3.63, 3.8) is 0 Å². The van der Waals surface area contributed by atoms with E-state index < -0.39 is 18.2 Å². The number of carboxylic acids is 2. The van der Waals surface area contributed by atoms with Crippen LogP contribution in [0, 0.1) is 13.8 Å². The van der Waals surface area contributed by atoms with Crippen molar-refractivity contribution in [2.45, 2.75) is 20.1 Å². The van der Waals surface area contributed by atoms with Gasteiger partial charge in [0.1, 0.15) is 6.23 Å². The number of hydrogen-bond donors (Lipinski definition) is 5. The molecular weight excluding hydrogens is 402 g/mol. The van der Waals surface area contributed by atoms with Gasteiger partial charge in [0.2, 0.25) is 0 Å². The summed E-state index contributed by atoms with van der Waals surface area (Å²) >= 11 is 0. The summed E-state index contributed by atoms with van der Waals surface area (Å²) in [5.41, 5.74) is 5.59. The van der Waals surface area contributed by atoms with Crippen LogP contribution in [0.5, 0.6) is 0 Å². The van der Waals surface area contributed by atoms with E-state index in [-0.39, 0.29) is 16.7 Å². The van der Waals surface area contributed by atoms with E-state index in [1.807, 2.05) is 0 Å². The Labute approximate surface area is 177 Å². The number of rotatable bonds is 7. The summed E-state index contributed by atoms with van der Waals surface area (Å²) in [4.78, 5) is 34.7. The number of aliphatic hydroxyl groups excluding tert-OH is 1. The minimum Gasteiger partial charge on any atom is -0.478 e. The van der Waals surface area contributed by atoms with E-state index in [2.05, 4.69) is 5.43 Å². The van der Waals surface area contributed by atoms with E-state index in [0.717, 1.165) is 0 Å². The summed E-state index contributed by atoms with van der Waals surface area (Å²) in [6, 6.07) is 10.4. The zero-order valence-corrected chi connectivity index (χ0v) is 16.8. The summed E-state index contributed by atoms with van der Waals surface area (Å²) in [5, 5.41) is 28.9. The van der Waals surface area contributed by atoms with Gasteiger partial charge in [0.15, 0.2) is 6.29 Å². The standard InChI is InChI=1S/C22H21N3O6/c1-11-7-18(16-5-4-14(21(28)29)8-15(16)10-26)12(2)25(11)19-9-13(20(27)24-23)3-6-17(19)22(30)31/h3-10,20,24,27H,23H2,1-2H3,(H,28,29)(H,30,31). The molecule has 0 aliphatic heterocycles. The first-order valence-electron chi connectivity index (χ1n) is 9.23. The smallest absolute Gasteiger partial charge is 0.337 e. The number of carbonyl (C=O) groups is 3. The van der Waals surface area contributed by atoms with E-state index in [1.54, 1.807) is 30.5 Å². The predicted octanol–water partition coefficient (Wildman–Crippen LogP) is 2.42. The summed E-state index contributed by atoms with van der Waals surface area (Å²) in [5.74, 6) is 3.01. The lowest BCUT2D eigenvalue weighted by atomic mass is 9.98. The molecule has 31 heavy (non-hydrogen) atoms. The molecule has 9 heteroatoms. The summed E-state index contributed by atoms with van der Waals surface area (Å²) < 4.78 is 1.70. The first-order chi connectivity index (χ1) is 14.7. The molecule has 0 spiro atoms. The number of carboxylic acid groups (broad SMARTS) is 2. The second-order valence-corrected chi connectivity index (χ2v) is 7.00. The van der Waals surface area contributed by atoms with Crippen LogP contribution in [0.4, 0.5) is 0 Å². The normalized spacial score (nSPS) is 11.9. The van der Waals surface area contributed by atoms with E-state index in [0.29, 0.717) is 40.1 Å². The zero-order valence-electron chi connectivity index (χ0n) is 16.8. The monoisotopic (exact) mass is 423 g/mol. The number of nitrogens with two attached hydrogens (primary N) is 1. The van der Waals surface area contributed by atoms with E-state index in [4.69, 9.17) is 5.84 Å². The molecule has 160 valence electrons. The van der Waals surface area contributed by atoms with Crippen molar-refractivity contribution in [2.75, 3.05) is 0 Å².